The van der Waals surface area contributed by atoms with E-state index in [4.69, 9.17) is 5.73 Å². The van der Waals surface area contributed by atoms with Gasteiger partial charge in [-0.15, -0.1) is 0 Å². The number of carbonyl (C=O) groups excluding carboxylic acids is 1. The lowest BCUT2D eigenvalue weighted by Crippen LogP contribution is -2.25. The van der Waals surface area contributed by atoms with E-state index in [0.717, 1.165) is 19.3 Å². The van der Waals surface area contributed by atoms with Gasteiger partial charge in [-0.3, -0.25) is 4.79 Å². The second-order valence-corrected chi connectivity index (χ2v) is 5.53. The Hall–Kier alpha value is -2.09. The van der Waals surface area contributed by atoms with Gasteiger partial charge in [-0.05, 0) is 35.4 Å². The molecule has 0 saturated heterocycles. The molecule has 0 aliphatic heterocycles. The summed E-state index contributed by atoms with van der Waals surface area (Å²) in [4.78, 5) is 11.5. The van der Waals surface area contributed by atoms with Crippen LogP contribution in [0.2, 0.25) is 0 Å². The third kappa shape index (κ3) is 2.46. The van der Waals surface area contributed by atoms with Gasteiger partial charge in [0.2, 0.25) is 5.91 Å². The highest BCUT2D eigenvalue weighted by Gasteiger charge is 2.32. The Morgan fingerprint density at radius 3 is 2.20 bits per heavy atom. The number of amides is 1. The Morgan fingerprint density at radius 1 is 0.900 bits per heavy atom. The van der Waals surface area contributed by atoms with E-state index in [0.29, 0.717) is 5.92 Å². The molecule has 1 aliphatic rings. The third-order valence-corrected chi connectivity index (χ3v) is 4.33. The van der Waals surface area contributed by atoms with Crippen LogP contribution in [0.4, 0.5) is 0 Å². The molecule has 1 amide bonds. The average molecular weight is 265 g/mol. The first-order valence-corrected chi connectivity index (χ1v) is 7.20. The van der Waals surface area contributed by atoms with E-state index >= 15 is 0 Å². The van der Waals surface area contributed by atoms with E-state index in [2.05, 4.69) is 36.4 Å². The number of hydrogen-bond acceptors (Lipinski definition) is 1. The third-order valence-electron chi connectivity index (χ3n) is 4.33. The first-order chi connectivity index (χ1) is 9.75. The van der Waals surface area contributed by atoms with Crippen LogP contribution in [0.3, 0.4) is 0 Å². The predicted molar refractivity (Wildman–Crippen MR) is 81.2 cm³/mol. The van der Waals surface area contributed by atoms with Crippen LogP contribution in [-0.4, -0.2) is 5.91 Å². The fraction of sp³-hybridized carbons (Fsp3) is 0.278. The maximum Gasteiger partial charge on any atom is 0.221 e. The van der Waals surface area contributed by atoms with Gasteiger partial charge in [-0.25, -0.2) is 0 Å². The Morgan fingerprint density at radius 2 is 1.55 bits per heavy atom. The second-order valence-electron chi connectivity index (χ2n) is 5.53. The smallest absolute Gasteiger partial charge is 0.221 e. The highest BCUT2D eigenvalue weighted by molar-refractivity contribution is 5.78. The lowest BCUT2D eigenvalue weighted by molar-refractivity contribution is -0.122. The van der Waals surface area contributed by atoms with Gasteiger partial charge in [0.1, 0.15) is 0 Å². The van der Waals surface area contributed by atoms with Crippen LogP contribution in [-0.2, 0) is 4.79 Å². The van der Waals surface area contributed by atoms with E-state index in [1.54, 1.807) is 0 Å². The van der Waals surface area contributed by atoms with Crippen molar-refractivity contribution >= 4 is 5.91 Å². The van der Waals surface area contributed by atoms with Gasteiger partial charge >= 0.3 is 0 Å². The first kappa shape index (κ1) is 12.9. The van der Waals surface area contributed by atoms with Crippen molar-refractivity contribution in [3.05, 3.63) is 60.2 Å². The van der Waals surface area contributed by atoms with Crippen LogP contribution in [0.1, 0.15) is 30.7 Å². The quantitative estimate of drug-likeness (QED) is 0.903. The zero-order valence-corrected chi connectivity index (χ0v) is 11.5. The molecule has 2 heteroatoms. The lowest BCUT2D eigenvalue weighted by Gasteiger charge is -2.17. The minimum atomic E-state index is -0.153. The van der Waals surface area contributed by atoms with E-state index in [1.807, 2.05) is 18.2 Å². The molecule has 0 bridgehead atoms. The summed E-state index contributed by atoms with van der Waals surface area (Å²) in [6.45, 7) is 0. The summed E-state index contributed by atoms with van der Waals surface area (Å²) >= 11 is 0. The molecule has 0 aromatic heterocycles. The Bertz CT molecular complexity index is 589. The summed E-state index contributed by atoms with van der Waals surface area (Å²) in [6.07, 6.45) is 3.09. The predicted octanol–water partition coefficient (Wildman–Crippen LogP) is 3.72. The molecule has 2 N–H and O–H groups in total. The maximum absolute atomic E-state index is 11.5. The molecule has 20 heavy (non-hydrogen) atoms. The molecule has 1 fully saturated rings. The summed E-state index contributed by atoms with van der Waals surface area (Å²) in [6, 6.07) is 18.9. The number of nitrogens with two attached hydrogens (primary N) is 1. The van der Waals surface area contributed by atoms with Gasteiger partial charge in [-0.1, -0.05) is 61.0 Å². The van der Waals surface area contributed by atoms with Gasteiger partial charge in [0.25, 0.3) is 0 Å². The molecule has 0 spiro atoms. The van der Waals surface area contributed by atoms with Crippen LogP contribution in [0.15, 0.2) is 54.6 Å². The highest BCUT2D eigenvalue weighted by atomic mass is 16.1. The highest BCUT2D eigenvalue weighted by Crippen LogP contribution is 2.39. The Balaban J connectivity index is 1.85. The fourth-order valence-electron chi connectivity index (χ4n) is 3.25. The molecule has 1 saturated carbocycles. The monoisotopic (exact) mass is 265 g/mol. The molecule has 3 rings (SSSR count). The zero-order valence-electron chi connectivity index (χ0n) is 11.5. The molecule has 102 valence electrons. The number of benzene rings is 2. The van der Waals surface area contributed by atoms with Crippen molar-refractivity contribution in [2.75, 3.05) is 0 Å². The summed E-state index contributed by atoms with van der Waals surface area (Å²) in [7, 11) is 0. The molecule has 1 aliphatic carbocycles. The molecule has 0 radical (unpaired) electrons. The van der Waals surface area contributed by atoms with Crippen LogP contribution < -0.4 is 5.73 Å². The standard InChI is InChI=1S/C18H19NO/c19-18(20)17-8-4-7-16(17)15-11-9-14(10-12-15)13-5-2-1-3-6-13/h1-3,5-6,9-12,16-17H,4,7-8H2,(H2,19,20). The summed E-state index contributed by atoms with van der Waals surface area (Å²) in [5, 5.41) is 0. The van der Waals surface area contributed by atoms with Crippen molar-refractivity contribution in [2.45, 2.75) is 25.2 Å². The summed E-state index contributed by atoms with van der Waals surface area (Å²) in [5.41, 5.74) is 9.18. The molecule has 2 aromatic rings. The van der Waals surface area contributed by atoms with Crippen molar-refractivity contribution in [1.82, 2.24) is 0 Å². The Kier molecular flexibility index (Phi) is 3.55. The van der Waals surface area contributed by atoms with Crippen molar-refractivity contribution in [3.8, 4) is 11.1 Å². The number of rotatable bonds is 3. The maximum atomic E-state index is 11.5. The topological polar surface area (TPSA) is 43.1 Å². The van der Waals surface area contributed by atoms with Crippen LogP contribution in [0.5, 0.6) is 0 Å². The molecule has 2 nitrogen and oxygen atoms in total. The molecule has 0 heterocycles. The summed E-state index contributed by atoms with van der Waals surface area (Å²) in [5.74, 6) is 0.162. The zero-order chi connectivity index (χ0) is 13.9. The van der Waals surface area contributed by atoms with E-state index in [-0.39, 0.29) is 11.8 Å². The molecule has 2 aromatic carbocycles. The minimum Gasteiger partial charge on any atom is -0.369 e. The average Bonchev–Trinajstić information content (AvgIpc) is 2.98. The van der Waals surface area contributed by atoms with Gasteiger partial charge in [-0.2, -0.15) is 0 Å². The van der Waals surface area contributed by atoms with E-state index in [1.165, 1.54) is 16.7 Å². The van der Waals surface area contributed by atoms with E-state index < -0.39 is 0 Å². The van der Waals surface area contributed by atoms with Gasteiger partial charge < -0.3 is 5.73 Å². The van der Waals surface area contributed by atoms with Crippen molar-refractivity contribution in [2.24, 2.45) is 11.7 Å². The largest absolute Gasteiger partial charge is 0.369 e. The number of primary amides is 1. The van der Waals surface area contributed by atoms with Crippen molar-refractivity contribution < 1.29 is 4.79 Å². The summed E-state index contributed by atoms with van der Waals surface area (Å²) < 4.78 is 0. The molecular weight excluding hydrogens is 246 g/mol. The van der Waals surface area contributed by atoms with Crippen molar-refractivity contribution in [1.29, 1.82) is 0 Å². The van der Waals surface area contributed by atoms with Crippen molar-refractivity contribution in [3.63, 3.8) is 0 Å². The molecular formula is C18H19NO. The van der Waals surface area contributed by atoms with E-state index in [9.17, 15) is 4.79 Å². The minimum absolute atomic E-state index is 0.0116. The van der Waals surface area contributed by atoms with Crippen LogP contribution in [0, 0.1) is 5.92 Å². The van der Waals surface area contributed by atoms with Crippen LogP contribution in [0.25, 0.3) is 11.1 Å². The van der Waals surface area contributed by atoms with Gasteiger partial charge in [0, 0.05) is 5.92 Å². The Labute approximate surface area is 119 Å². The normalized spacial score (nSPS) is 21.8. The van der Waals surface area contributed by atoms with Crippen LogP contribution >= 0.6 is 0 Å². The van der Waals surface area contributed by atoms with Gasteiger partial charge in [0.15, 0.2) is 0 Å². The fourth-order valence-corrected chi connectivity index (χ4v) is 3.25. The lowest BCUT2D eigenvalue weighted by atomic mass is 9.87. The molecule has 2 unspecified atom stereocenters. The second kappa shape index (κ2) is 5.49. The number of carbonyl (C=O) groups is 1. The van der Waals surface area contributed by atoms with Gasteiger partial charge in [0.05, 0.1) is 0 Å². The molecule has 2 atom stereocenters. The number of hydrogen-bond donors (Lipinski definition) is 1. The SMILES string of the molecule is NC(=O)C1CCCC1c1ccc(-c2ccccc2)cc1. The first-order valence-electron chi connectivity index (χ1n) is 7.20.